The van der Waals surface area contributed by atoms with Gasteiger partial charge in [0.05, 0.1) is 0 Å². The van der Waals surface area contributed by atoms with Crippen molar-refractivity contribution in [2.24, 2.45) is 0 Å². The maximum absolute atomic E-state index is 9.67. The normalized spacial score (nSPS) is 4.50. The first-order valence-electron chi connectivity index (χ1n) is 0.655. The molecule has 0 atom stereocenters. The fourth-order valence-electron chi connectivity index (χ4n) is 0. The van der Waals surface area contributed by atoms with E-state index >= 15 is 0 Å². The Balaban J connectivity index is -0.0000000450. The van der Waals surface area contributed by atoms with Crippen LogP contribution in [0.3, 0.4) is 0 Å². The van der Waals surface area contributed by atoms with Crippen LogP contribution in [0.2, 0.25) is 0 Å². The van der Waals surface area contributed by atoms with Crippen molar-refractivity contribution >= 4 is 7.54 Å². The Morgan fingerprint density at radius 2 is 1.00 bits per heavy atom. The summed E-state index contributed by atoms with van der Waals surface area (Å²) in [5.41, 5.74) is 0. The van der Waals surface area contributed by atoms with E-state index in [9.17, 15) is 12.9 Å². The van der Waals surface area contributed by atoms with E-state index in [1.807, 2.05) is 0 Å². The molecule has 0 aromatic rings. The van der Waals surface area contributed by atoms with E-state index in [-0.39, 0.29) is 23.6 Å². The zero-order chi connectivity index (χ0) is 3.58. The number of hydrogen-bond acceptors (Lipinski definition) is 0. The Bertz CT molecular complexity index is 12.3. The first kappa shape index (κ1) is 16.2. The molecule has 0 aliphatic heterocycles. The molecule has 32 valence electrons. The van der Waals surface area contributed by atoms with Crippen molar-refractivity contribution in [2.75, 3.05) is 0 Å². The van der Waals surface area contributed by atoms with Crippen LogP contribution in [0.4, 0.5) is 12.9 Å². The van der Waals surface area contributed by atoms with E-state index in [1.54, 1.807) is 0 Å². The third-order valence-corrected chi connectivity index (χ3v) is 0. The molecule has 0 unspecified atom stereocenters. The van der Waals surface area contributed by atoms with E-state index < -0.39 is 7.54 Å². The van der Waals surface area contributed by atoms with Gasteiger partial charge in [-0.15, -0.1) is 0 Å². The molecule has 0 saturated heterocycles. The van der Waals surface area contributed by atoms with Crippen LogP contribution in [-0.4, -0.2) is 7.54 Å². The summed E-state index contributed by atoms with van der Waals surface area (Å²) in [5.74, 6) is 0. The number of rotatable bonds is 0. The smallest absolute Gasteiger partial charge is 1.00 e. The van der Waals surface area contributed by atoms with Gasteiger partial charge in [-0.05, 0) is 0 Å². The van der Waals surface area contributed by atoms with Crippen molar-refractivity contribution in [1.29, 1.82) is 0 Å². The second-order valence-corrected chi connectivity index (χ2v) is 0.247. The van der Waals surface area contributed by atoms with Gasteiger partial charge in [-0.1, -0.05) is 0 Å². The van der Waals surface area contributed by atoms with Crippen LogP contribution in [0.5, 0.6) is 0 Å². The molecule has 6 heteroatoms. The summed E-state index contributed by atoms with van der Waals surface area (Å²) in [6.45, 7) is 0. The molecular weight excluding hydrogens is 93.7 g/mol. The molecule has 0 aliphatic carbocycles. The number of halogens is 4. The van der Waals surface area contributed by atoms with Gasteiger partial charge in [-0.25, -0.2) is 0 Å². The average Bonchev–Trinajstić information content (AvgIpc) is 0.811. The Labute approximate surface area is 44.9 Å². The monoisotopic (exact) mass is 94.0 g/mol. The van der Waals surface area contributed by atoms with Crippen molar-refractivity contribution in [3.63, 3.8) is 0 Å². The van der Waals surface area contributed by atoms with Crippen LogP contribution in [0.1, 0.15) is 0 Å². The van der Waals surface area contributed by atoms with Crippen molar-refractivity contribution in [1.82, 2.24) is 0 Å². The molecule has 0 aromatic heterocycles. The van der Waals surface area contributed by atoms with E-state index in [4.69, 9.17) is 0 Å². The third kappa shape index (κ3) is 343. The first-order valence-corrected chi connectivity index (χ1v) is 0.655. The van der Waals surface area contributed by atoms with Crippen LogP contribution >= 0.6 is 0 Å². The molecule has 0 saturated carbocycles. The molecule has 0 rings (SSSR count). The Morgan fingerprint density at radius 1 is 1.00 bits per heavy atom. The summed E-state index contributed by atoms with van der Waals surface area (Å²) in [7, 11) is -3.67. The molecule has 0 aliphatic rings. The average molecular weight is 93.7 g/mol. The van der Waals surface area contributed by atoms with Crippen LogP contribution in [0, 0.1) is 0 Å². The van der Waals surface area contributed by atoms with Crippen LogP contribution < -0.4 is 23.6 Å². The fourth-order valence-corrected chi connectivity index (χ4v) is 0. The zero-order valence-corrected chi connectivity index (χ0v) is 3.09. The Kier molecular flexibility index (Phi) is 24.3. The Morgan fingerprint density at radius 3 is 1.00 bits per heavy atom. The standard InChI is InChI=1S/BF3.FH.Li/c2-1(3)4;;/h;1H;/q;;+1/p-1. The van der Waals surface area contributed by atoms with Gasteiger partial charge in [0.15, 0.2) is 0 Å². The molecular formula is BF4Li. The van der Waals surface area contributed by atoms with Gasteiger partial charge in [0.1, 0.15) is 0 Å². The van der Waals surface area contributed by atoms with Crippen molar-refractivity contribution in [3.05, 3.63) is 0 Å². The van der Waals surface area contributed by atoms with Gasteiger partial charge in [-0.2, -0.15) is 0 Å². The molecule has 0 fully saturated rings. The minimum atomic E-state index is -3.67. The molecule has 0 radical (unpaired) electrons. The van der Waals surface area contributed by atoms with E-state index in [2.05, 4.69) is 0 Å². The molecule has 6 heavy (non-hydrogen) atoms. The van der Waals surface area contributed by atoms with Gasteiger partial charge in [0.25, 0.3) is 0 Å². The van der Waals surface area contributed by atoms with Crippen molar-refractivity contribution in [2.45, 2.75) is 0 Å². The van der Waals surface area contributed by atoms with E-state index in [1.165, 1.54) is 0 Å². The summed E-state index contributed by atoms with van der Waals surface area (Å²) < 4.78 is 29.0. The molecule has 0 nitrogen and oxygen atoms in total. The van der Waals surface area contributed by atoms with Crippen molar-refractivity contribution in [3.8, 4) is 0 Å². The van der Waals surface area contributed by atoms with Gasteiger partial charge >= 0.3 is 26.4 Å². The molecule has 0 heterocycles. The maximum Gasteiger partial charge on any atom is 1.00 e. The van der Waals surface area contributed by atoms with Crippen molar-refractivity contribution < 1.29 is 36.5 Å². The second kappa shape index (κ2) is 9.04. The summed E-state index contributed by atoms with van der Waals surface area (Å²) >= 11 is 0. The van der Waals surface area contributed by atoms with Gasteiger partial charge in [-0.3, -0.25) is 12.9 Å². The van der Waals surface area contributed by atoms with E-state index in [0.29, 0.717) is 0 Å². The molecule has 0 amide bonds. The minimum absolute atomic E-state index is 0. The molecule has 0 bridgehead atoms. The predicted molar refractivity (Wildman–Crippen MR) is 9.08 cm³/mol. The molecule has 0 N–H and O–H groups in total. The number of hydrogen-bond donors (Lipinski definition) is 0. The van der Waals surface area contributed by atoms with Crippen LogP contribution in [0.15, 0.2) is 0 Å². The quantitative estimate of drug-likeness (QED) is 0.208. The minimum Gasteiger partial charge on any atom is -1.00 e. The topological polar surface area (TPSA) is 0 Å². The summed E-state index contributed by atoms with van der Waals surface area (Å²) in [6, 6.07) is 0. The van der Waals surface area contributed by atoms with Crippen LogP contribution in [0.25, 0.3) is 0 Å². The first-order chi connectivity index (χ1) is 1.73. The summed E-state index contributed by atoms with van der Waals surface area (Å²) in [4.78, 5) is 0. The molecule has 0 aromatic carbocycles. The van der Waals surface area contributed by atoms with Gasteiger partial charge in [0, 0.05) is 0 Å². The molecule has 0 spiro atoms. The third-order valence-electron chi connectivity index (χ3n) is 0. The maximum atomic E-state index is 9.67. The summed E-state index contributed by atoms with van der Waals surface area (Å²) in [5, 5.41) is 0. The fraction of sp³-hybridized carbons (Fsp3) is 0. The van der Waals surface area contributed by atoms with Crippen LogP contribution in [-0.2, 0) is 0 Å². The summed E-state index contributed by atoms with van der Waals surface area (Å²) in [6.07, 6.45) is 0. The second-order valence-electron chi connectivity index (χ2n) is 0.247. The van der Waals surface area contributed by atoms with E-state index in [0.717, 1.165) is 0 Å². The SMILES string of the molecule is FB(F)F.[F-].[Li+]. The van der Waals surface area contributed by atoms with Gasteiger partial charge < -0.3 is 4.70 Å². The zero-order valence-electron chi connectivity index (χ0n) is 3.09. The predicted octanol–water partition coefficient (Wildman–Crippen LogP) is -5.11. The van der Waals surface area contributed by atoms with Gasteiger partial charge in [0.2, 0.25) is 0 Å². The Hall–Kier alpha value is 0.382. The largest absolute Gasteiger partial charge is 1.00 e.